The van der Waals surface area contributed by atoms with E-state index in [2.05, 4.69) is 9.97 Å². The van der Waals surface area contributed by atoms with Gasteiger partial charge in [-0.3, -0.25) is 23.7 Å². The topological polar surface area (TPSA) is 96.1 Å². The van der Waals surface area contributed by atoms with E-state index in [1.807, 2.05) is 30.3 Å². The van der Waals surface area contributed by atoms with E-state index in [-0.39, 0.29) is 30.7 Å². The van der Waals surface area contributed by atoms with Crippen LogP contribution in [-0.2, 0) is 29.2 Å². The Morgan fingerprint density at radius 1 is 0.900 bits per heavy atom. The van der Waals surface area contributed by atoms with Gasteiger partial charge in [-0.15, -0.1) is 0 Å². The fourth-order valence-electron chi connectivity index (χ4n) is 3.12. The number of benzene rings is 1. The minimum Gasteiger partial charge on any atom is -0.459 e. The van der Waals surface area contributed by atoms with Gasteiger partial charge in [0.2, 0.25) is 0 Å². The smallest absolute Gasteiger partial charge is 0.332 e. The molecule has 150 valence electrons. The average Bonchev–Trinajstić information content (AvgIpc) is 2.79. The Morgan fingerprint density at radius 3 is 2.43 bits per heavy atom. The largest absolute Gasteiger partial charge is 0.459 e. The lowest BCUT2D eigenvalue weighted by molar-refractivity contribution is -0.145. The summed E-state index contributed by atoms with van der Waals surface area (Å²) in [6, 6.07) is 15.9. The highest BCUT2D eigenvalue weighted by Gasteiger charge is 2.17. The monoisotopic (exact) mass is 402 g/mol. The van der Waals surface area contributed by atoms with Gasteiger partial charge in [-0.1, -0.05) is 36.4 Å². The maximum atomic E-state index is 13.1. The molecule has 4 aromatic rings. The van der Waals surface area contributed by atoms with E-state index in [0.29, 0.717) is 5.56 Å². The van der Waals surface area contributed by atoms with Gasteiger partial charge in [-0.25, -0.2) is 9.78 Å². The normalized spacial score (nSPS) is 10.8. The molecule has 30 heavy (non-hydrogen) atoms. The highest BCUT2D eigenvalue weighted by Crippen LogP contribution is 2.07. The van der Waals surface area contributed by atoms with Crippen LogP contribution < -0.4 is 11.2 Å². The second kappa shape index (κ2) is 8.52. The minimum atomic E-state index is -0.610. The van der Waals surface area contributed by atoms with Crippen LogP contribution in [0.15, 0.2) is 82.8 Å². The molecule has 0 aliphatic rings. The molecule has 0 amide bonds. The molecule has 0 aliphatic carbocycles. The first kappa shape index (κ1) is 19.3. The Labute approximate surface area is 171 Å². The third-order valence-electron chi connectivity index (χ3n) is 4.58. The first-order chi connectivity index (χ1) is 14.6. The number of hydrogen-bond acceptors (Lipinski definition) is 6. The molecular weight excluding hydrogens is 384 g/mol. The molecule has 8 heteroatoms. The summed E-state index contributed by atoms with van der Waals surface area (Å²) >= 11 is 0. The SMILES string of the molecule is O=C(Cn1c(=O)n(Cc2cccnc2)c(=O)c2ncccc21)OCc1ccccc1. The number of carbonyl (C=O) groups excluding carboxylic acids is 1. The zero-order chi connectivity index (χ0) is 20.9. The van der Waals surface area contributed by atoms with Crippen molar-refractivity contribution in [2.24, 2.45) is 0 Å². The molecule has 4 rings (SSSR count). The second-order valence-corrected chi connectivity index (χ2v) is 6.64. The first-order valence-electron chi connectivity index (χ1n) is 9.30. The number of rotatable bonds is 6. The van der Waals surface area contributed by atoms with Crippen LogP contribution >= 0.6 is 0 Å². The Bertz CT molecular complexity index is 1300. The van der Waals surface area contributed by atoms with Gasteiger partial charge in [0.1, 0.15) is 13.2 Å². The highest BCUT2D eigenvalue weighted by atomic mass is 16.5. The molecule has 0 spiro atoms. The van der Waals surface area contributed by atoms with Crippen molar-refractivity contribution in [3.05, 3.63) is 105 Å². The van der Waals surface area contributed by atoms with E-state index in [4.69, 9.17) is 4.74 Å². The van der Waals surface area contributed by atoms with Crippen LogP contribution in [0.1, 0.15) is 11.1 Å². The van der Waals surface area contributed by atoms with Crippen molar-refractivity contribution in [3.63, 3.8) is 0 Å². The number of carbonyl (C=O) groups is 1. The quantitative estimate of drug-likeness (QED) is 0.456. The summed E-state index contributed by atoms with van der Waals surface area (Å²) in [5, 5.41) is 0. The van der Waals surface area contributed by atoms with Crippen molar-refractivity contribution >= 4 is 17.0 Å². The molecule has 0 atom stereocenters. The molecular formula is C22H18N4O4. The van der Waals surface area contributed by atoms with Crippen molar-refractivity contribution < 1.29 is 9.53 Å². The van der Waals surface area contributed by atoms with Crippen molar-refractivity contribution in [1.82, 2.24) is 19.1 Å². The molecule has 0 aliphatic heterocycles. The van der Waals surface area contributed by atoms with E-state index >= 15 is 0 Å². The summed E-state index contributed by atoms with van der Waals surface area (Å²) < 4.78 is 7.58. The van der Waals surface area contributed by atoms with Gasteiger partial charge in [0.25, 0.3) is 5.56 Å². The van der Waals surface area contributed by atoms with Crippen LogP contribution in [-0.4, -0.2) is 25.1 Å². The summed E-state index contributed by atoms with van der Waals surface area (Å²) in [4.78, 5) is 46.5. The van der Waals surface area contributed by atoms with Gasteiger partial charge in [0, 0.05) is 18.6 Å². The van der Waals surface area contributed by atoms with Crippen LogP contribution in [0.2, 0.25) is 0 Å². The summed E-state index contributed by atoms with van der Waals surface area (Å²) in [6.07, 6.45) is 4.66. The molecule has 0 radical (unpaired) electrons. The van der Waals surface area contributed by atoms with Gasteiger partial charge in [-0.2, -0.15) is 0 Å². The maximum absolute atomic E-state index is 13.1. The number of esters is 1. The van der Waals surface area contributed by atoms with Crippen molar-refractivity contribution in [2.75, 3.05) is 0 Å². The Kier molecular flexibility index (Phi) is 5.47. The van der Waals surface area contributed by atoms with Gasteiger partial charge >= 0.3 is 11.7 Å². The standard InChI is InChI=1S/C22H18N4O4/c27-19(30-15-16-6-2-1-3-7-16)14-25-18-9-5-11-24-20(18)21(28)26(22(25)29)13-17-8-4-10-23-12-17/h1-12H,13-15H2. The molecule has 1 aromatic carbocycles. The lowest BCUT2D eigenvalue weighted by Gasteiger charge is -2.13. The number of ether oxygens (including phenoxy) is 1. The van der Waals surface area contributed by atoms with Gasteiger partial charge in [0.15, 0.2) is 5.52 Å². The summed E-state index contributed by atoms with van der Waals surface area (Å²) in [5.74, 6) is -0.585. The molecule has 8 nitrogen and oxygen atoms in total. The van der Waals surface area contributed by atoms with Crippen LogP contribution in [0.4, 0.5) is 0 Å². The molecule has 0 N–H and O–H groups in total. The first-order valence-corrected chi connectivity index (χ1v) is 9.30. The van der Waals surface area contributed by atoms with E-state index < -0.39 is 17.2 Å². The summed E-state index contributed by atoms with van der Waals surface area (Å²) in [7, 11) is 0. The Hall–Kier alpha value is -4.07. The van der Waals surface area contributed by atoms with Crippen molar-refractivity contribution in [3.8, 4) is 0 Å². The molecule has 0 saturated carbocycles. The minimum absolute atomic E-state index is 0.0249. The zero-order valence-corrected chi connectivity index (χ0v) is 16.0. The van der Waals surface area contributed by atoms with Crippen LogP contribution in [0, 0.1) is 0 Å². The highest BCUT2D eigenvalue weighted by molar-refractivity contribution is 5.76. The summed E-state index contributed by atoms with van der Waals surface area (Å²) in [6.45, 7) is -0.210. The van der Waals surface area contributed by atoms with E-state index in [1.54, 1.807) is 36.7 Å². The zero-order valence-electron chi connectivity index (χ0n) is 16.0. The van der Waals surface area contributed by atoms with Gasteiger partial charge < -0.3 is 4.74 Å². The van der Waals surface area contributed by atoms with E-state index in [1.165, 1.54) is 10.8 Å². The lowest BCUT2D eigenvalue weighted by Crippen LogP contribution is -2.41. The molecule has 0 bridgehead atoms. The third-order valence-corrected chi connectivity index (χ3v) is 4.58. The second-order valence-electron chi connectivity index (χ2n) is 6.64. The van der Waals surface area contributed by atoms with Crippen LogP contribution in [0.3, 0.4) is 0 Å². The predicted molar refractivity (Wildman–Crippen MR) is 110 cm³/mol. The number of fused-ring (bicyclic) bond motifs is 1. The van der Waals surface area contributed by atoms with E-state index in [0.717, 1.165) is 10.1 Å². The van der Waals surface area contributed by atoms with Gasteiger partial charge in [0.05, 0.1) is 12.1 Å². The lowest BCUT2D eigenvalue weighted by atomic mass is 10.2. The average molecular weight is 402 g/mol. The molecule has 0 unspecified atom stereocenters. The third kappa shape index (κ3) is 4.02. The van der Waals surface area contributed by atoms with Crippen molar-refractivity contribution in [2.45, 2.75) is 19.7 Å². The molecule has 0 fully saturated rings. The number of hydrogen-bond donors (Lipinski definition) is 0. The summed E-state index contributed by atoms with van der Waals surface area (Å²) in [5.41, 5.74) is 0.786. The molecule has 3 aromatic heterocycles. The van der Waals surface area contributed by atoms with Crippen LogP contribution in [0.5, 0.6) is 0 Å². The Balaban J connectivity index is 1.69. The predicted octanol–water partition coefficient (Wildman–Crippen LogP) is 1.74. The number of aromatic nitrogens is 4. The Morgan fingerprint density at radius 2 is 1.67 bits per heavy atom. The fraction of sp³-hybridized carbons (Fsp3) is 0.136. The molecule has 3 heterocycles. The van der Waals surface area contributed by atoms with Crippen molar-refractivity contribution in [1.29, 1.82) is 0 Å². The van der Waals surface area contributed by atoms with Crippen LogP contribution in [0.25, 0.3) is 11.0 Å². The van der Waals surface area contributed by atoms with Gasteiger partial charge in [-0.05, 0) is 29.3 Å². The fourth-order valence-corrected chi connectivity index (χ4v) is 3.12. The molecule has 0 saturated heterocycles. The number of nitrogens with zero attached hydrogens (tertiary/aromatic N) is 4. The number of pyridine rings is 2. The van der Waals surface area contributed by atoms with E-state index in [9.17, 15) is 14.4 Å². The maximum Gasteiger partial charge on any atom is 0.332 e.